The third-order valence-corrected chi connectivity index (χ3v) is 3.81. The third kappa shape index (κ3) is 3.47. The molecule has 0 saturated carbocycles. The van der Waals surface area contributed by atoms with Crippen LogP contribution in [0.25, 0.3) is 0 Å². The molecule has 4 heteroatoms. The third-order valence-electron chi connectivity index (χ3n) is 3.08. The largest absolute Gasteiger partial charge is 0.310 e. The number of amides is 1. The van der Waals surface area contributed by atoms with E-state index >= 15 is 0 Å². The minimum Gasteiger partial charge on any atom is -0.310 e. The van der Waals surface area contributed by atoms with Crippen LogP contribution in [-0.2, 0) is 4.79 Å². The molecule has 1 aromatic rings. The smallest absolute Gasteiger partial charge is 0.237 e. The summed E-state index contributed by atoms with van der Waals surface area (Å²) in [6.45, 7) is 4.36. The summed E-state index contributed by atoms with van der Waals surface area (Å²) >= 11 is 1.45. The summed E-state index contributed by atoms with van der Waals surface area (Å²) in [5, 5.41) is 1.84. The van der Waals surface area contributed by atoms with Gasteiger partial charge in [0.25, 0.3) is 0 Å². The van der Waals surface area contributed by atoms with E-state index in [9.17, 15) is 9.59 Å². The molecule has 1 aromatic carbocycles. The van der Waals surface area contributed by atoms with Crippen molar-refractivity contribution < 1.29 is 9.59 Å². The van der Waals surface area contributed by atoms with Crippen molar-refractivity contribution in [2.45, 2.75) is 19.8 Å². The summed E-state index contributed by atoms with van der Waals surface area (Å²) in [6, 6.07) is 7.62. The zero-order valence-corrected chi connectivity index (χ0v) is 11.9. The Balaban J connectivity index is 2.05. The van der Waals surface area contributed by atoms with Gasteiger partial charge < -0.3 is 4.90 Å². The van der Waals surface area contributed by atoms with E-state index in [1.54, 1.807) is 6.20 Å². The monoisotopic (exact) mass is 275 g/mol. The maximum absolute atomic E-state index is 12.1. The van der Waals surface area contributed by atoms with Gasteiger partial charge in [0, 0.05) is 11.8 Å². The lowest BCUT2D eigenvalue weighted by molar-refractivity contribution is -0.125. The van der Waals surface area contributed by atoms with Crippen molar-refractivity contribution in [3.05, 3.63) is 47.0 Å². The minimum atomic E-state index is -0.0276. The van der Waals surface area contributed by atoms with Gasteiger partial charge in [-0.15, -0.1) is 11.8 Å². The summed E-state index contributed by atoms with van der Waals surface area (Å²) in [7, 11) is 0. The van der Waals surface area contributed by atoms with Crippen LogP contribution in [0.4, 0.5) is 0 Å². The first-order valence-electron chi connectivity index (χ1n) is 6.29. The minimum absolute atomic E-state index is 0.0142. The molecule has 0 atom stereocenters. The Morgan fingerprint density at radius 3 is 2.58 bits per heavy atom. The highest BCUT2D eigenvalue weighted by Crippen LogP contribution is 2.16. The van der Waals surface area contributed by atoms with Crippen LogP contribution in [-0.4, -0.2) is 28.9 Å². The van der Waals surface area contributed by atoms with E-state index in [1.807, 2.05) is 29.7 Å². The van der Waals surface area contributed by atoms with Gasteiger partial charge in [-0.1, -0.05) is 38.1 Å². The molecule has 1 amide bonds. The molecule has 100 valence electrons. The summed E-state index contributed by atoms with van der Waals surface area (Å²) in [5.74, 6) is 0.823. The lowest BCUT2D eigenvalue weighted by Gasteiger charge is -2.20. The molecule has 0 N–H and O–H groups in total. The zero-order valence-electron chi connectivity index (χ0n) is 11.1. The van der Waals surface area contributed by atoms with E-state index in [0.29, 0.717) is 17.2 Å². The molecule has 3 nitrogen and oxygen atoms in total. The van der Waals surface area contributed by atoms with Crippen LogP contribution in [0.1, 0.15) is 35.7 Å². The van der Waals surface area contributed by atoms with Crippen molar-refractivity contribution in [3.63, 3.8) is 0 Å². The average molecular weight is 275 g/mol. The number of Topliss-reactive ketones (excluding diaryl/α,β-unsaturated/α-hetero) is 1. The number of hydrogen-bond donors (Lipinski definition) is 0. The summed E-state index contributed by atoms with van der Waals surface area (Å²) < 4.78 is 0. The Morgan fingerprint density at radius 2 is 2.00 bits per heavy atom. The number of rotatable bonds is 4. The molecule has 1 aliphatic heterocycles. The first-order chi connectivity index (χ1) is 9.08. The van der Waals surface area contributed by atoms with Crippen molar-refractivity contribution in [1.82, 2.24) is 4.90 Å². The molecule has 0 fully saturated rings. The van der Waals surface area contributed by atoms with Crippen LogP contribution >= 0.6 is 11.8 Å². The van der Waals surface area contributed by atoms with E-state index in [-0.39, 0.29) is 18.2 Å². The van der Waals surface area contributed by atoms with E-state index in [1.165, 1.54) is 22.2 Å². The van der Waals surface area contributed by atoms with Gasteiger partial charge in [0.15, 0.2) is 5.78 Å². The van der Waals surface area contributed by atoms with Crippen LogP contribution in [0.5, 0.6) is 0 Å². The van der Waals surface area contributed by atoms with Gasteiger partial charge in [-0.3, -0.25) is 9.59 Å². The Kier molecular flexibility index (Phi) is 4.43. The average Bonchev–Trinajstić information content (AvgIpc) is 2.41. The number of carbonyl (C=O) groups is 2. The number of thioether (sulfide) groups is 1. The van der Waals surface area contributed by atoms with Gasteiger partial charge in [0.05, 0.1) is 12.3 Å². The summed E-state index contributed by atoms with van der Waals surface area (Å²) in [6.07, 6.45) is 1.68. The molecule has 0 unspecified atom stereocenters. The standard InChI is InChI=1S/C15H17NO2S/c1-11(2)12-3-5-13(6-4-12)14(17)9-16-7-8-19-10-15(16)18/h3-8,11H,9-10H2,1-2H3. The lowest BCUT2D eigenvalue weighted by atomic mass is 10.0. The van der Waals surface area contributed by atoms with Crippen LogP contribution in [0.2, 0.25) is 0 Å². The van der Waals surface area contributed by atoms with E-state index in [2.05, 4.69) is 13.8 Å². The van der Waals surface area contributed by atoms with Crippen molar-refractivity contribution in [1.29, 1.82) is 0 Å². The Labute approximate surface area is 117 Å². The predicted octanol–water partition coefficient (Wildman–Crippen LogP) is 3.04. The number of carbonyl (C=O) groups excluding carboxylic acids is 2. The second-order valence-corrected chi connectivity index (χ2v) is 5.71. The van der Waals surface area contributed by atoms with E-state index in [4.69, 9.17) is 0 Å². The van der Waals surface area contributed by atoms with Gasteiger partial charge in [0.1, 0.15) is 0 Å². The number of benzene rings is 1. The Bertz CT molecular complexity index is 505. The maximum atomic E-state index is 12.1. The van der Waals surface area contributed by atoms with Crippen molar-refractivity contribution in [2.75, 3.05) is 12.3 Å². The molecular weight excluding hydrogens is 258 g/mol. The highest BCUT2D eigenvalue weighted by atomic mass is 32.2. The van der Waals surface area contributed by atoms with Crippen molar-refractivity contribution in [2.24, 2.45) is 0 Å². The highest BCUT2D eigenvalue weighted by Gasteiger charge is 2.18. The quantitative estimate of drug-likeness (QED) is 0.793. The number of hydrogen-bond acceptors (Lipinski definition) is 3. The molecule has 1 heterocycles. The molecule has 19 heavy (non-hydrogen) atoms. The molecular formula is C15H17NO2S. The number of nitrogens with zero attached hydrogens (tertiary/aromatic N) is 1. The van der Waals surface area contributed by atoms with Crippen LogP contribution in [0.15, 0.2) is 35.9 Å². The van der Waals surface area contributed by atoms with E-state index < -0.39 is 0 Å². The van der Waals surface area contributed by atoms with Crippen LogP contribution < -0.4 is 0 Å². The second kappa shape index (κ2) is 6.06. The molecule has 0 aromatic heterocycles. The summed E-state index contributed by atoms with van der Waals surface area (Å²) in [5.41, 5.74) is 1.87. The van der Waals surface area contributed by atoms with Gasteiger partial charge in [0.2, 0.25) is 5.91 Å². The first kappa shape index (κ1) is 13.9. The van der Waals surface area contributed by atoms with Crippen LogP contribution in [0.3, 0.4) is 0 Å². The molecule has 0 aliphatic carbocycles. The topological polar surface area (TPSA) is 37.4 Å². The second-order valence-electron chi connectivity index (χ2n) is 4.82. The molecule has 0 saturated heterocycles. The normalized spacial score (nSPS) is 15.1. The fourth-order valence-corrected chi connectivity index (χ4v) is 2.48. The fourth-order valence-electron chi connectivity index (χ4n) is 1.84. The van der Waals surface area contributed by atoms with Crippen LogP contribution in [0, 0.1) is 0 Å². The Hall–Kier alpha value is -1.55. The molecule has 1 aliphatic rings. The van der Waals surface area contributed by atoms with E-state index in [0.717, 1.165) is 0 Å². The molecule has 0 radical (unpaired) electrons. The molecule has 0 bridgehead atoms. The zero-order chi connectivity index (χ0) is 13.8. The maximum Gasteiger partial charge on any atom is 0.237 e. The van der Waals surface area contributed by atoms with Gasteiger partial charge in [-0.05, 0) is 16.9 Å². The SMILES string of the molecule is CC(C)c1ccc(C(=O)CN2C=CSCC2=O)cc1. The molecule has 0 spiro atoms. The lowest BCUT2D eigenvalue weighted by Crippen LogP contribution is -2.33. The summed E-state index contributed by atoms with van der Waals surface area (Å²) in [4.78, 5) is 25.2. The first-order valence-corrected chi connectivity index (χ1v) is 7.33. The fraction of sp³-hybridized carbons (Fsp3) is 0.333. The van der Waals surface area contributed by atoms with Gasteiger partial charge >= 0.3 is 0 Å². The van der Waals surface area contributed by atoms with Gasteiger partial charge in [-0.2, -0.15) is 0 Å². The van der Waals surface area contributed by atoms with Crippen molar-refractivity contribution in [3.8, 4) is 0 Å². The predicted molar refractivity (Wildman–Crippen MR) is 78.2 cm³/mol. The Morgan fingerprint density at radius 1 is 1.32 bits per heavy atom. The van der Waals surface area contributed by atoms with Crippen molar-refractivity contribution >= 4 is 23.5 Å². The van der Waals surface area contributed by atoms with Gasteiger partial charge in [-0.25, -0.2) is 0 Å². The highest BCUT2D eigenvalue weighted by molar-refractivity contribution is 8.02. The molecule has 2 rings (SSSR count). The number of ketones is 1.